The molecule has 0 aliphatic carbocycles. The predicted octanol–water partition coefficient (Wildman–Crippen LogP) is 3.06. The highest BCUT2D eigenvalue weighted by Gasteiger charge is 2.09. The highest BCUT2D eigenvalue weighted by Crippen LogP contribution is 2.21. The summed E-state index contributed by atoms with van der Waals surface area (Å²) in [4.78, 5) is 12.6. The summed E-state index contributed by atoms with van der Waals surface area (Å²) >= 11 is 4.83. The van der Waals surface area contributed by atoms with Crippen molar-refractivity contribution in [1.82, 2.24) is 9.78 Å². The minimum Gasteiger partial charge on any atom is -0.293 e. The maximum atomic E-state index is 11.8. The van der Waals surface area contributed by atoms with Gasteiger partial charge >= 0.3 is 0 Å². The monoisotopic (exact) mass is 298 g/mol. The Hall–Kier alpha value is -0.940. The molecule has 0 bridgehead atoms. The molecule has 3 nitrogen and oxygen atoms in total. The number of Topliss-reactive ketones (excluding diaryl/α,β-unsaturated/α-hetero) is 1. The summed E-state index contributed by atoms with van der Waals surface area (Å²) in [6.07, 6.45) is 3.03. The van der Waals surface area contributed by atoms with E-state index in [1.165, 1.54) is 11.3 Å². The Labute approximate surface area is 106 Å². The van der Waals surface area contributed by atoms with Crippen molar-refractivity contribution in [2.24, 2.45) is 7.05 Å². The van der Waals surface area contributed by atoms with E-state index in [1.807, 2.05) is 24.6 Å². The highest BCUT2D eigenvalue weighted by atomic mass is 79.9. The lowest BCUT2D eigenvalue weighted by Gasteiger charge is -2.00. The number of ketones is 1. The first-order chi connectivity index (χ1) is 7.66. The van der Waals surface area contributed by atoms with Crippen molar-refractivity contribution in [2.45, 2.75) is 12.8 Å². The molecule has 2 rings (SSSR count). The van der Waals surface area contributed by atoms with Crippen LogP contribution in [0.3, 0.4) is 0 Å². The molecule has 0 spiro atoms. The van der Waals surface area contributed by atoms with Gasteiger partial charge in [0, 0.05) is 35.2 Å². The highest BCUT2D eigenvalue weighted by molar-refractivity contribution is 9.10. The van der Waals surface area contributed by atoms with Crippen LogP contribution in [-0.2, 0) is 13.5 Å². The van der Waals surface area contributed by atoms with Gasteiger partial charge in [0.05, 0.1) is 4.88 Å². The molecule has 16 heavy (non-hydrogen) atoms. The number of nitrogens with zero attached hydrogens (tertiary/aromatic N) is 2. The maximum Gasteiger partial charge on any atom is 0.173 e. The maximum absolute atomic E-state index is 11.8. The number of halogens is 1. The molecule has 0 unspecified atom stereocenters. The first-order valence-electron chi connectivity index (χ1n) is 4.91. The second-order valence-corrected chi connectivity index (χ2v) is 5.33. The van der Waals surface area contributed by atoms with Crippen LogP contribution in [-0.4, -0.2) is 15.6 Å². The summed E-state index contributed by atoms with van der Waals surface area (Å²) in [6, 6.07) is 3.81. The third-order valence-electron chi connectivity index (χ3n) is 2.37. The van der Waals surface area contributed by atoms with Crippen LogP contribution in [0, 0.1) is 0 Å². The normalized spacial score (nSPS) is 10.6. The zero-order valence-corrected chi connectivity index (χ0v) is 11.2. The molecule has 0 aromatic carbocycles. The summed E-state index contributed by atoms with van der Waals surface area (Å²) in [7, 11) is 1.89. The van der Waals surface area contributed by atoms with Gasteiger partial charge < -0.3 is 0 Å². The number of hydrogen-bond donors (Lipinski definition) is 0. The van der Waals surface area contributed by atoms with E-state index in [0.717, 1.165) is 21.5 Å². The van der Waals surface area contributed by atoms with Gasteiger partial charge in [0.15, 0.2) is 5.78 Å². The van der Waals surface area contributed by atoms with Gasteiger partial charge in [0.1, 0.15) is 0 Å². The van der Waals surface area contributed by atoms with E-state index in [1.54, 1.807) is 10.9 Å². The lowest BCUT2D eigenvalue weighted by Crippen LogP contribution is -2.03. The van der Waals surface area contributed by atoms with Gasteiger partial charge in [-0.25, -0.2) is 0 Å². The summed E-state index contributed by atoms with van der Waals surface area (Å²) in [5, 5.41) is 6.00. The van der Waals surface area contributed by atoms with Gasteiger partial charge in [-0.1, -0.05) is 0 Å². The molecule has 5 heteroatoms. The molecule has 0 saturated heterocycles. The fourth-order valence-electron chi connectivity index (χ4n) is 1.47. The third kappa shape index (κ3) is 2.59. The molecule has 0 aliphatic heterocycles. The zero-order valence-electron chi connectivity index (χ0n) is 8.81. The standard InChI is InChI=1S/C11H11BrN2OS/c1-14-9(4-5-13-14)2-3-10(15)11-6-8(12)7-16-11/h4-7H,2-3H2,1H3. The van der Waals surface area contributed by atoms with E-state index in [0.29, 0.717) is 6.42 Å². The number of aryl methyl sites for hydroxylation is 2. The van der Waals surface area contributed by atoms with Gasteiger partial charge in [0.25, 0.3) is 0 Å². The summed E-state index contributed by atoms with van der Waals surface area (Å²) in [6.45, 7) is 0. The van der Waals surface area contributed by atoms with Crippen LogP contribution < -0.4 is 0 Å². The van der Waals surface area contributed by atoms with Crippen molar-refractivity contribution in [1.29, 1.82) is 0 Å². The number of rotatable bonds is 4. The number of carbonyl (C=O) groups is 1. The van der Waals surface area contributed by atoms with Crippen LogP contribution in [0.4, 0.5) is 0 Å². The van der Waals surface area contributed by atoms with Crippen molar-refractivity contribution in [3.63, 3.8) is 0 Å². The Morgan fingerprint density at radius 2 is 2.44 bits per heavy atom. The first kappa shape index (κ1) is 11.5. The van der Waals surface area contributed by atoms with Crippen LogP contribution in [0.15, 0.2) is 28.2 Å². The van der Waals surface area contributed by atoms with Gasteiger partial charge in [-0.2, -0.15) is 5.10 Å². The van der Waals surface area contributed by atoms with Gasteiger partial charge in [-0.15, -0.1) is 11.3 Å². The van der Waals surface area contributed by atoms with E-state index in [2.05, 4.69) is 21.0 Å². The Kier molecular flexibility index (Phi) is 3.56. The van der Waals surface area contributed by atoms with Crippen molar-refractivity contribution < 1.29 is 4.79 Å². The zero-order chi connectivity index (χ0) is 11.5. The molecule has 0 N–H and O–H groups in total. The van der Waals surface area contributed by atoms with Crippen LogP contribution in [0.1, 0.15) is 21.8 Å². The van der Waals surface area contributed by atoms with Gasteiger partial charge in [-0.3, -0.25) is 9.48 Å². The smallest absolute Gasteiger partial charge is 0.173 e. The van der Waals surface area contributed by atoms with Crippen molar-refractivity contribution in [3.05, 3.63) is 38.8 Å². The predicted molar refractivity (Wildman–Crippen MR) is 67.9 cm³/mol. The number of aromatic nitrogens is 2. The van der Waals surface area contributed by atoms with Gasteiger partial charge in [-0.05, 0) is 34.5 Å². The second kappa shape index (κ2) is 4.93. The fraction of sp³-hybridized carbons (Fsp3) is 0.273. The number of hydrogen-bond acceptors (Lipinski definition) is 3. The minimum atomic E-state index is 0.192. The summed E-state index contributed by atoms with van der Waals surface area (Å²) in [5.41, 5.74) is 1.09. The molecule has 0 saturated carbocycles. The van der Waals surface area contributed by atoms with Crippen LogP contribution in [0.2, 0.25) is 0 Å². The molecule has 0 fully saturated rings. The lowest BCUT2D eigenvalue weighted by atomic mass is 10.1. The lowest BCUT2D eigenvalue weighted by molar-refractivity contribution is 0.0986. The molecule has 84 valence electrons. The Bertz CT molecular complexity index is 504. The van der Waals surface area contributed by atoms with Crippen molar-refractivity contribution in [2.75, 3.05) is 0 Å². The number of thiophene rings is 1. The molecule has 2 heterocycles. The second-order valence-electron chi connectivity index (χ2n) is 3.50. The van der Waals surface area contributed by atoms with Crippen molar-refractivity contribution >= 4 is 33.0 Å². The molecular formula is C11H11BrN2OS. The van der Waals surface area contributed by atoms with Crippen molar-refractivity contribution in [3.8, 4) is 0 Å². The minimum absolute atomic E-state index is 0.192. The third-order valence-corrected chi connectivity index (χ3v) is 4.11. The van der Waals surface area contributed by atoms with E-state index >= 15 is 0 Å². The van der Waals surface area contributed by atoms with E-state index < -0.39 is 0 Å². The van der Waals surface area contributed by atoms with Crippen LogP contribution in [0.5, 0.6) is 0 Å². The molecule has 2 aromatic rings. The molecule has 0 aliphatic rings. The summed E-state index contributed by atoms with van der Waals surface area (Å²) < 4.78 is 2.78. The SMILES string of the molecule is Cn1nccc1CCC(=O)c1cc(Br)cs1. The molecule has 0 atom stereocenters. The fourth-order valence-corrected chi connectivity index (χ4v) is 2.87. The first-order valence-corrected chi connectivity index (χ1v) is 6.58. The Morgan fingerprint density at radius 1 is 1.62 bits per heavy atom. The molecule has 0 radical (unpaired) electrons. The quantitative estimate of drug-likeness (QED) is 0.813. The largest absolute Gasteiger partial charge is 0.293 e. The van der Waals surface area contributed by atoms with Crippen LogP contribution >= 0.6 is 27.3 Å². The molecule has 0 amide bonds. The molecule has 2 aromatic heterocycles. The van der Waals surface area contributed by atoms with E-state index in [9.17, 15) is 4.79 Å². The average molecular weight is 299 g/mol. The Balaban J connectivity index is 1.96. The van der Waals surface area contributed by atoms with E-state index in [4.69, 9.17) is 0 Å². The van der Waals surface area contributed by atoms with Gasteiger partial charge in [0.2, 0.25) is 0 Å². The average Bonchev–Trinajstić information content (AvgIpc) is 2.84. The number of carbonyl (C=O) groups excluding carboxylic acids is 1. The van der Waals surface area contributed by atoms with Crippen LogP contribution in [0.25, 0.3) is 0 Å². The Morgan fingerprint density at radius 3 is 3.00 bits per heavy atom. The van der Waals surface area contributed by atoms with E-state index in [-0.39, 0.29) is 5.78 Å². The topological polar surface area (TPSA) is 34.9 Å². The summed E-state index contributed by atoms with van der Waals surface area (Å²) in [5.74, 6) is 0.192. The molecular weight excluding hydrogens is 288 g/mol.